The maximum Gasteiger partial charge on any atom is 0.240 e. The van der Waals surface area contributed by atoms with Gasteiger partial charge in [0.2, 0.25) is 11.9 Å². The number of aromatic amines is 1. The minimum atomic E-state index is 0.348. The lowest BCUT2D eigenvalue weighted by atomic mass is 10.2. The molecule has 0 aliphatic carbocycles. The molecule has 74 valence electrons. The van der Waals surface area contributed by atoms with Crippen molar-refractivity contribution < 1.29 is 4.79 Å². The van der Waals surface area contributed by atoms with E-state index in [-0.39, 0.29) is 0 Å². The molecule has 0 unspecified atom stereocenters. The molecule has 0 bridgehead atoms. The van der Waals surface area contributed by atoms with Crippen LogP contribution < -0.4 is 0 Å². The first-order valence-corrected chi connectivity index (χ1v) is 4.30. The van der Waals surface area contributed by atoms with Crippen LogP contribution in [0.3, 0.4) is 0 Å². The van der Waals surface area contributed by atoms with E-state index in [1.165, 1.54) is 12.1 Å². The fourth-order valence-corrected chi connectivity index (χ4v) is 1.28. The predicted molar refractivity (Wildman–Crippen MR) is 52.4 cm³/mol. The normalized spacial score (nSPS) is 9.67. The number of H-pyrrole nitrogens is 1. The van der Waals surface area contributed by atoms with E-state index < -0.39 is 0 Å². The molecule has 0 fully saturated rings. The zero-order valence-corrected chi connectivity index (χ0v) is 8.06. The van der Waals surface area contributed by atoms with Crippen molar-refractivity contribution in [1.29, 1.82) is 0 Å². The zero-order chi connectivity index (χ0) is 10.7. The van der Waals surface area contributed by atoms with Gasteiger partial charge in [0.15, 0.2) is 0 Å². The maximum absolute atomic E-state index is 10.2. The molecule has 0 aliphatic heterocycles. The molecule has 1 N–H and O–H groups in total. The molecule has 6 nitrogen and oxygen atoms in total. The van der Waals surface area contributed by atoms with Crippen molar-refractivity contribution in [2.75, 3.05) is 0 Å². The van der Waals surface area contributed by atoms with Gasteiger partial charge in [-0.1, -0.05) is 11.6 Å². The Morgan fingerprint density at radius 1 is 1.47 bits per heavy atom. The molecule has 15 heavy (non-hydrogen) atoms. The lowest BCUT2D eigenvalue weighted by Crippen LogP contribution is -1.82. The van der Waals surface area contributed by atoms with E-state index >= 15 is 0 Å². The summed E-state index contributed by atoms with van der Waals surface area (Å²) in [7, 11) is 0. The summed E-state index contributed by atoms with van der Waals surface area (Å²) in [5.74, 6) is 0.348. The second-order valence-corrected chi connectivity index (χ2v) is 3.04. The number of nitrogens with zero attached hydrogens (tertiary/aromatic N) is 4. The van der Waals surface area contributed by atoms with Crippen LogP contribution in [0.2, 0.25) is 5.02 Å². The van der Waals surface area contributed by atoms with E-state index in [2.05, 4.69) is 25.6 Å². The van der Waals surface area contributed by atoms with Crippen molar-refractivity contribution in [2.24, 2.45) is 4.99 Å². The number of nitrogens with one attached hydrogen (secondary N) is 1. The smallest absolute Gasteiger partial charge is 0.211 e. The van der Waals surface area contributed by atoms with Crippen molar-refractivity contribution in [3.05, 3.63) is 23.2 Å². The predicted octanol–water partition coefficient (Wildman–Crippen LogP) is 1.49. The average Bonchev–Trinajstić information content (AvgIpc) is 2.71. The fraction of sp³-hybridized carbons (Fsp3) is 0. The summed E-state index contributed by atoms with van der Waals surface area (Å²) in [5.41, 5.74) is 0.926. The third kappa shape index (κ3) is 1.90. The number of aliphatic imine (C=N–C) groups is 1. The summed E-state index contributed by atoms with van der Waals surface area (Å²) in [6.45, 7) is 0. The van der Waals surface area contributed by atoms with Crippen LogP contribution in [-0.4, -0.2) is 26.7 Å². The monoisotopic (exact) mass is 221 g/mol. The van der Waals surface area contributed by atoms with Gasteiger partial charge in [-0.2, -0.15) is 10.2 Å². The van der Waals surface area contributed by atoms with Gasteiger partial charge in [0, 0.05) is 10.6 Å². The molecule has 0 aliphatic rings. The lowest BCUT2D eigenvalue weighted by Gasteiger charge is -1.99. The number of hydrogen-bond acceptors (Lipinski definition) is 5. The largest absolute Gasteiger partial charge is 0.240 e. The maximum atomic E-state index is 10.2. The minimum absolute atomic E-state index is 0.348. The summed E-state index contributed by atoms with van der Waals surface area (Å²) in [6.07, 6.45) is 1.44. The molecule has 1 heterocycles. The van der Waals surface area contributed by atoms with Crippen LogP contribution in [0.4, 0.5) is 5.69 Å². The van der Waals surface area contributed by atoms with Crippen LogP contribution in [0.1, 0.15) is 0 Å². The SMILES string of the molecule is O=C=Nc1cc(Cl)ccc1-c1nn[nH]n1. The second kappa shape index (κ2) is 4.00. The summed E-state index contributed by atoms with van der Waals surface area (Å²) < 4.78 is 0. The van der Waals surface area contributed by atoms with E-state index in [0.29, 0.717) is 22.1 Å². The van der Waals surface area contributed by atoms with Crippen LogP contribution in [0.25, 0.3) is 11.4 Å². The highest BCUT2D eigenvalue weighted by molar-refractivity contribution is 6.31. The third-order valence-corrected chi connectivity index (χ3v) is 1.95. The van der Waals surface area contributed by atoms with Crippen molar-refractivity contribution in [2.45, 2.75) is 0 Å². The molecule has 0 atom stereocenters. The number of isocyanates is 1. The number of benzene rings is 1. The molecule has 0 saturated heterocycles. The van der Waals surface area contributed by atoms with Gasteiger partial charge in [-0.05, 0) is 23.4 Å². The average molecular weight is 222 g/mol. The van der Waals surface area contributed by atoms with Gasteiger partial charge in [-0.3, -0.25) is 0 Å². The molecular formula is C8H4ClN5O. The zero-order valence-electron chi connectivity index (χ0n) is 7.31. The summed E-state index contributed by atoms with van der Waals surface area (Å²) in [5, 5.41) is 13.7. The van der Waals surface area contributed by atoms with Gasteiger partial charge < -0.3 is 0 Å². The van der Waals surface area contributed by atoms with Gasteiger partial charge >= 0.3 is 0 Å². The molecule has 0 saturated carbocycles. The number of hydrogen-bond donors (Lipinski definition) is 1. The van der Waals surface area contributed by atoms with Crippen molar-refractivity contribution in [3.63, 3.8) is 0 Å². The highest BCUT2D eigenvalue weighted by Crippen LogP contribution is 2.29. The van der Waals surface area contributed by atoms with E-state index in [9.17, 15) is 4.79 Å². The molecule has 0 amide bonds. The highest BCUT2D eigenvalue weighted by Gasteiger charge is 2.09. The molecule has 7 heteroatoms. The Kier molecular flexibility index (Phi) is 2.53. The van der Waals surface area contributed by atoms with Gasteiger partial charge in [-0.25, -0.2) is 4.79 Å². The summed E-state index contributed by atoms with van der Waals surface area (Å²) >= 11 is 5.76. The molecule has 0 spiro atoms. The quantitative estimate of drug-likeness (QED) is 0.615. The molecule has 2 rings (SSSR count). The Bertz CT molecular complexity index is 518. The van der Waals surface area contributed by atoms with E-state index in [1.54, 1.807) is 12.1 Å². The fourth-order valence-electron chi connectivity index (χ4n) is 1.11. The molecular weight excluding hydrogens is 218 g/mol. The topological polar surface area (TPSA) is 83.9 Å². The minimum Gasteiger partial charge on any atom is -0.211 e. The van der Waals surface area contributed by atoms with Crippen LogP contribution in [0.5, 0.6) is 0 Å². The third-order valence-electron chi connectivity index (χ3n) is 1.71. The van der Waals surface area contributed by atoms with Gasteiger partial charge in [-0.15, -0.1) is 10.2 Å². The number of halogens is 1. The first-order valence-electron chi connectivity index (χ1n) is 3.92. The van der Waals surface area contributed by atoms with Crippen molar-refractivity contribution in [3.8, 4) is 11.4 Å². The van der Waals surface area contributed by atoms with E-state index in [0.717, 1.165) is 0 Å². The van der Waals surface area contributed by atoms with Crippen LogP contribution in [0.15, 0.2) is 23.2 Å². The van der Waals surface area contributed by atoms with Gasteiger partial charge in [0.25, 0.3) is 0 Å². The molecule has 1 aromatic carbocycles. The molecule has 1 aromatic heterocycles. The summed E-state index contributed by atoms with van der Waals surface area (Å²) in [4.78, 5) is 13.7. The Labute approximate surface area is 89.0 Å². The first-order chi connectivity index (χ1) is 7.31. The Morgan fingerprint density at radius 3 is 3.00 bits per heavy atom. The van der Waals surface area contributed by atoms with Gasteiger partial charge in [0.1, 0.15) is 0 Å². The van der Waals surface area contributed by atoms with E-state index in [4.69, 9.17) is 11.6 Å². The lowest BCUT2D eigenvalue weighted by molar-refractivity contribution is 0.565. The van der Waals surface area contributed by atoms with Crippen molar-refractivity contribution in [1.82, 2.24) is 20.6 Å². The molecule has 0 radical (unpaired) electrons. The van der Waals surface area contributed by atoms with Crippen LogP contribution in [0, 0.1) is 0 Å². The first kappa shape index (κ1) is 9.51. The number of tetrazole rings is 1. The number of rotatable bonds is 2. The number of aromatic nitrogens is 4. The number of carbonyl (C=O) groups excluding carboxylic acids is 1. The Hall–Kier alpha value is -2.04. The Balaban J connectivity index is 2.60. The van der Waals surface area contributed by atoms with Gasteiger partial charge in [0.05, 0.1) is 5.69 Å². The van der Waals surface area contributed by atoms with E-state index in [1.807, 2.05) is 0 Å². The second-order valence-electron chi connectivity index (χ2n) is 2.60. The van der Waals surface area contributed by atoms with Crippen molar-refractivity contribution >= 4 is 23.4 Å². The van der Waals surface area contributed by atoms with Crippen LogP contribution >= 0.6 is 11.6 Å². The van der Waals surface area contributed by atoms with Crippen LogP contribution in [-0.2, 0) is 4.79 Å². The highest BCUT2D eigenvalue weighted by atomic mass is 35.5. The summed E-state index contributed by atoms with van der Waals surface area (Å²) in [6, 6.07) is 4.83. The Morgan fingerprint density at radius 2 is 2.33 bits per heavy atom. The standard InChI is InChI=1S/C8H4ClN5O/c9-5-1-2-6(7(3-5)10-4-15)8-11-13-14-12-8/h1-3H,(H,11,12,13,14). The molecule has 2 aromatic rings.